The summed E-state index contributed by atoms with van der Waals surface area (Å²) in [5.74, 6) is 0.344. The van der Waals surface area contributed by atoms with Crippen LogP contribution in [0.2, 0.25) is 0 Å². The van der Waals surface area contributed by atoms with Crippen LogP contribution in [0.5, 0.6) is 0 Å². The second-order valence-electron chi connectivity index (χ2n) is 8.62. The van der Waals surface area contributed by atoms with Crippen molar-refractivity contribution >= 4 is 17.5 Å². The lowest BCUT2D eigenvalue weighted by Gasteiger charge is -2.19. The van der Waals surface area contributed by atoms with Crippen LogP contribution in [-0.4, -0.2) is 36.4 Å². The molecule has 0 unspecified atom stereocenters. The van der Waals surface area contributed by atoms with Crippen LogP contribution >= 0.6 is 0 Å². The van der Waals surface area contributed by atoms with E-state index in [9.17, 15) is 14.4 Å². The van der Waals surface area contributed by atoms with E-state index in [1.807, 2.05) is 20.8 Å². The molecule has 0 saturated carbocycles. The Morgan fingerprint density at radius 3 is 1.68 bits per heavy atom. The van der Waals surface area contributed by atoms with Crippen LogP contribution in [0, 0.1) is 0 Å². The normalized spacial score (nSPS) is 11.4. The molecule has 0 spiro atoms. The molecule has 0 amide bonds. The van der Waals surface area contributed by atoms with E-state index in [1.165, 1.54) is 25.7 Å². The van der Waals surface area contributed by atoms with Gasteiger partial charge in [-0.3, -0.25) is 9.59 Å². The summed E-state index contributed by atoms with van der Waals surface area (Å²) < 4.78 is 10.6. The van der Waals surface area contributed by atoms with E-state index in [2.05, 4.69) is 0 Å². The van der Waals surface area contributed by atoms with Gasteiger partial charge >= 0.3 is 5.97 Å². The zero-order valence-electron chi connectivity index (χ0n) is 18.6. The first-order chi connectivity index (χ1) is 13.2. The number of carbonyl (C=O) groups excluding carboxylic acids is 3. The Morgan fingerprint density at radius 2 is 1.14 bits per heavy atom. The quantitative estimate of drug-likeness (QED) is 0.223. The van der Waals surface area contributed by atoms with Gasteiger partial charge in [-0.05, 0) is 47.0 Å². The Bertz CT molecular complexity index is 437. The van der Waals surface area contributed by atoms with Gasteiger partial charge < -0.3 is 14.3 Å². The van der Waals surface area contributed by atoms with E-state index in [4.69, 9.17) is 9.47 Å². The molecule has 28 heavy (non-hydrogen) atoms. The molecule has 0 N–H and O–H groups in total. The predicted octanol–water partition coefficient (Wildman–Crippen LogP) is 5.57. The van der Waals surface area contributed by atoms with E-state index in [-0.39, 0.29) is 18.2 Å². The van der Waals surface area contributed by atoms with Gasteiger partial charge in [-0.15, -0.1) is 0 Å². The van der Waals surface area contributed by atoms with Gasteiger partial charge in [-0.2, -0.15) is 0 Å². The van der Waals surface area contributed by atoms with Crippen molar-refractivity contribution in [2.45, 2.75) is 117 Å². The minimum Gasteiger partial charge on any atom is -0.460 e. The molecule has 0 bridgehead atoms. The summed E-state index contributed by atoms with van der Waals surface area (Å²) in [6, 6.07) is 0. The van der Waals surface area contributed by atoms with Crippen molar-refractivity contribution in [3.8, 4) is 0 Å². The van der Waals surface area contributed by atoms with Crippen LogP contribution in [0.25, 0.3) is 0 Å². The molecule has 0 rings (SSSR count). The molecule has 0 aliphatic carbocycles. The third-order valence-electron chi connectivity index (χ3n) is 4.35. The average Bonchev–Trinajstić information content (AvgIpc) is 2.57. The van der Waals surface area contributed by atoms with Crippen molar-refractivity contribution in [2.24, 2.45) is 0 Å². The lowest BCUT2D eigenvalue weighted by atomic mass is 10.0. The number of rotatable bonds is 18. The Labute approximate surface area is 171 Å². The van der Waals surface area contributed by atoms with E-state index in [0.717, 1.165) is 32.1 Å². The summed E-state index contributed by atoms with van der Waals surface area (Å²) in [6.07, 6.45) is 12.0. The van der Waals surface area contributed by atoms with Crippen LogP contribution in [0.3, 0.4) is 0 Å². The molecule has 5 heteroatoms. The van der Waals surface area contributed by atoms with Crippen LogP contribution in [0.15, 0.2) is 0 Å². The molecule has 0 aliphatic rings. The highest BCUT2D eigenvalue weighted by atomic mass is 16.6. The highest BCUT2D eigenvalue weighted by Crippen LogP contribution is 2.12. The predicted molar refractivity (Wildman–Crippen MR) is 112 cm³/mol. The highest BCUT2D eigenvalue weighted by Gasteiger charge is 2.15. The fraction of sp³-hybridized carbons (Fsp3) is 0.870. The van der Waals surface area contributed by atoms with Gasteiger partial charge in [0.2, 0.25) is 0 Å². The molecule has 0 saturated heterocycles. The van der Waals surface area contributed by atoms with Crippen molar-refractivity contribution in [1.82, 2.24) is 0 Å². The largest absolute Gasteiger partial charge is 0.460 e. The summed E-state index contributed by atoms with van der Waals surface area (Å²) in [5, 5.41) is 0. The van der Waals surface area contributed by atoms with Crippen LogP contribution in [-0.2, 0) is 23.9 Å². The molecular formula is C23H42O5. The molecule has 0 aromatic rings. The number of carbonyl (C=O) groups is 3. The molecule has 0 radical (unpaired) electrons. The topological polar surface area (TPSA) is 69.7 Å². The van der Waals surface area contributed by atoms with Crippen molar-refractivity contribution in [3.63, 3.8) is 0 Å². The second kappa shape index (κ2) is 16.7. The maximum atomic E-state index is 11.8. The summed E-state index contributed by atoms with van der Waals surface area (Å²) in [5.41, 5.74) is -0.459. The van der Waals surface area contributed by atoms with Gasteiger partial charge in [-0.25, -0.2) is 0 Å². The second-order valence-corrected chi connectivity index (χ2v) is 8.62. The van der Waals surface area contributed by atoms with Gasteiger partial charge in [0.15, 0.2) is 0 Å². The average molecular weight is 399 g/mol. The van der Waals surface area contributed by atoms with Gasteiger partial charge in [0.25, 0.3) is 0 Å². The molecule has 0 heterocycles. The SMILES string of the molecule is CC(=O)CCCCCCCCCCC(=O)CCCOCCC(=O)OC(C)(C)C. The molecule has 0 aliphatic heterocycles. The smallest absolute Gasteiger partial charge is 0.308 e. The molecule has 0 aromatic heterocycles. The fourth-order valence-electron chi connectivity index (χ4n) is 2.90. The maximum absolute atomic E-state index is 11.8. The highest BCUT2D eigenvalue weighted by molar-refractivity contribution is 5.78. The van der Waals surface area contributed by atoms with Gasteiger partial charge in [0.05, 0.1) is 13.0 Å². The van der Waals surface area contributed by atoms with Gasteiger partial charge in [0.1, 0.15) is 17.2 Å². The molecular weight excluding hydrogens is 356 g/mol. The summed E-state index contributed by atoms with van der Waals surface area (Å²) in [4.78, 5) is 34.2. The number of ether oxygens (including phenoxy) is 2. The van der Waals surface area contributed by atoms with E-state index in [1.54, 1.807) is 6.92 Å². The maximum Gasteiger partial charge on any atom is 0.308 e. The molecule has 0 atom stereocenters. The van der Waals surface area contributed by atoms with E-state index in [0.29, 0.717) is 38.3 Å². The fourth-order valence-corrected chi connectivity index (χ4v) is 2.90. The Morgan fingerprint density at radius 1 is 0.643 bits per heavy atom. The number of hydrogen-bond acceptors (Lipinski definition) is 5. The lowest BCUT2D eigenvalue weighted by molar-refractivity contribution is -0.156. The van der Waals surface area contributed by atoms with E-state index < -0.39 is 5.60 Å². The minimum atomic E-state index is -0.459. The molecule has 0 fully saturated rings. The van der Waals surface area contributed by atoms with Crippen LogP contribution < -0.4 is 0 Å². The first kappa shape index (κ1) is 26.8. The van der Waals surface area contributed by atoms with Crippen molar-refractivity contribution < 1.29 is 23.9 Å². The molecule has 0 aromatic carbocycles. The number of unbranched alkanes of at least 4 members (excludes halogenated alkanes) is 7. The third kappa shape index (κ3) is 21.1. The monoisotopic (exact) mass is 398 g/mol. The standard InChI is InChI=1S/C23H42O5/c1-20(24)14-11-9-7-5-6-8-10-12-15-21(25)16-13-18-27-19-17-22(26)28-23(2,3)4/h5-19H2,1-4H3. The number of esters is 1. The van der Waals surface area contributed by atoms with Crippen molar-refractivity contribution in [2.75, 3.05) is 13.2 Å². The molecule has 164 valence electrons. The van der Waals surface area contributed by atoms with E-state index >= 15 is 0 Å². The lowest BCUT2D eigenvalue weighted by Crippen LogP contribution is -2.24. The van der Waals surface area contributed by atoms with Crippen LogP contribution in [0.4, 0.5) is 0 Å². The summed E-state index contributed by atoms with van der Waals surface area (Å²) >= 11 is 0. The van der Waals surface area contributed by atoms with Gasteiger partial charge in [0, 0.05) is 25.9 Å². The van der Waals surface area contributed by atoms with Crippen molar-refractivity contribution in [3.05, 3.63) is 0 Å². The van der Waals surface area contributed by atoms with Crippen LogP contribution in [0.1, 0.15) is 111 Å². The van der Waals surface area contributed by atoms with Gasteiger partial charge in [-0.1, -0.05) is 38.5 Å². The Kier molecular flexibility index (Phi) is 16.0. The first-order valence-electron chi connectivity index (χ1n) is 11.0. The van der Waals surface area contributed by atoms with Crippen molar-refractivity contribution in [1.29, 1.82) is 0 Å². The summed E-state index contributed by atoms with van der Waals surface area (Å²) in [6.45, 7) is 8.04. The number of hydrogen-bond donors (Lipinski definition) is 0. The Balaban J connectivity index is 3.34. The summed E-state index contributed by atoms with van der Waals surface area (Å²) in [7, 11) is 0. The minimum absolute atomic E-state index is 0.250. The number of ketones is 2. The third-order valence-corrected chi connectivity index (χ3v) is 4.35. The zero-order chi connectivity index (χ0) is 21.3. The zero-order valence-corrected chi connectivity index (χ0v) is 18.6. The Hall–Kier alpha value is -1.23. The number of Topliss-reactive ketones (excluding diaryl/α,β-unsaturated/α-hetero) is 2. The first-order valence-corrected chi connectivity index (χ1v) is 11.0. The molecule has 5 nitrogen and oxygen atoms in total.